The molecule has 0 amide bonds. The molecule has 0 radical (unpaired) electrons. The van der Waals surface area contributed by atoms with Crippen LogP contribution < -0.4 is 0 Å². The molecule has 7 heteroatoms. The van der Waals surface area contributed by atoms with Crippen molar-refractivity contribution >= 4 is 44.8 Å². The van der Waals surface area contributed by atoms with Gasteiger partial charge in [-0.1, -0.05) is 47.6 Å². The fourth-order valence-corrected chi connectivity index (χ4v) is 4.77. The number of nitrogens with zero attached hydrogens (tertiary/aromatic N) is 3. The Labute approximate surface area is 157 Å². The van der Waals surface area contributed by atoms with Gasteiger partial charge in [0.15, 0.2) is 11.0 Å². The summed E-state index contributed by atoms with van der Waals surface area (Å²) in [4.78, 5) is 0. The van der Waals surface area contributed by atoms with E-state index in [-0.39, 0.29) is 5.82 Å². The Balaban J connectivity index is 1.61. The zero-order valence-electron chi connectivity index (χ0n) is 13.2. The second-order valence-corrected chi connectivity index (χ2v) is 7.80. The van der Waals surface area contributed by atoms with Crippen molar-refractivity contribution in [1.29, 1.82) is 0 Å². The number of thioether (sulfide) groups is 1. The van der Waals surface area contributed by atoms with Gasteiger partial charge in [0.05, 0.1) is 0 Å². The van der Waals surface area contributed by atoms with Gasteiger partial charge in [-0.05, 0) is 23.8 Å². The van der Waals surface area contributed by atoms with Crippen molar-refractivity contribution in [2.75, 3.05) is 0 Å². The van der Waals surface area contributed by atoms with Crippen LogP contribution in [0.1, 0.15) is 5.56 Å². The molecule has 0 N–H and O–H groups in total. The van der Waals surface area contributed by atoms with Crippen molar-refractivity contribution in [1.82, 2.24) is 14.8 Å². The van der Waals surface area contributed by atoms with E-state index in [1.807, 2.05) is 23.7 Å². The lowest BCUT2D eigenvalue weighted by molar-refractivity contribution is 0.627. The van der Waals surface area contributed by atoms with Gasteiger partial charge in [-0.25, -0.2) is 4.39 Å². The molecule has 0 saturated heterocycles. The highest BCUT2D eigenvalue weighted by Gasteiger charge is 2.15. The van der Waals surface area contributed by atoms with Crippen molar-refractivity contribution in [2.45, 2.75) is 10.9 Å². The standard InChI is InChI=1S/C18H13ClFN3S2/c1-23-17(14-10-24-16-5-3-2-4-13(14)16)21-22-18(23)25-9-11-6-7-12(20)8-15(11)19/h2-8,10H,9H2,1H3. The molecule has 0 atom stereocenters. The summed E-state index contributed by atoms with van der Waals surface area (Å²) in [5, 5.41) is 13.2. The third kappa shape index (κ3) is 3.17. The number of aromatic nitrogens is 3. The lowest BCUT2D eigenvalue weighted by atomic mass is 10.2. The minimum atomic E-state index is -0.330. The van der Waals surface area contributed by atoms with Crippen LogP contribution >= 0.6 is 34.7 Å². The monoisotopic (exact) mass is 389 g/mol. The topological polar surface area (TPSA) is 30.7 Å². The van der Waals surface area contributed by atoms with Crippen LogP contribution in [-0.2, 0) is 12.8 Å². The molecule has 3 nitrogen and oxygen atoms in total. The Hall–Kier alpha value is -1.89. The van der Waals surface area contributed by atoms with Crippen molar-refractivity contribution in [3.8, 4) is 11.4 Å². The third-order valence-electron chi connectivity index (χ3n) is 3.93. The summed E-state index contributed by atoms with van der Waals surface area (Å²) in [6, 6.07) is 12.7. The third-order valence-corrected chi connectivity index (χ3v) is 6.31. The maximum atomic E-state index is 13.1. The van der Waals surface area contributed by atoms with E-state index in [2.05, 4.69) is 27.7 Å². The zero-order valence-corrected chi connectivity index (χ0v) is 15.6. The summed E-state index contributed by atoms with van der Waals surface area (Å²) in [6.45, 7) is 0. The van der Waals surface area contributed by atoms with Crippen LogP contribution in [0.5, 0.6) is 0 Å². The van der Waals surface area contributed by atoms with Crippen LogP contribution in [0.3, 0.4) is 0 Å². The van der Waals surface area contributed by atoms with E-state index in [0.717, 1.165) is 22.1 Å². The van der Waals surface area contributed by atoms with Gasteiger partial charge in [-0.3, -0.25) is 0 Å². The first-order chi connectivity index (χ1) is 12.1. The summed E-state index contributed by atoms with van der Waals surface area (Å²) in [7, 11) is 1.95. The van der Waals surface area contributed by atoms with Crippen LogP contribution in [-0.4, -0.2) is 14.8 Å². The van der Waals surface area contributed by atoms with Crippen LogP contribution in [0.15, 0.2) is 53.0 Å². The Morgan fingerprint density at radius 2 is 2.04 bits per heavy atom. The van der Waals surface area contributed by atoms with E-state index in [1.54, 1.807) is 17.4 Å². The molecule has 0 aliphatic heterocycles. The highest BCUT2D eigenvalue weighted by atomic mass is 35.5. The van der Waals surface area contributed by atoms with Gasteiger partial charge < -0.3 is 4.57 Å². The lowest BCUT2D eigenvalue weighted by Crippen LogP contribution is -1.95. The highest BCUT2D eigenvalue weighted by molar-refractivity contribution is 7.98. The van der Waals surface area contributed by atoms with Crippen molar-refractivity contribution in [2.24, 2.45) is 7.05 Å². The Bertz CT molecular complexity index is 1060. The molecule has 0 aliphatic rings. The summed E-state index contributed by atoms with van der Waals surface area (Å²) in [5.74, 6) is 1.12. The van der Waals surface area contributed by atoms with Gasteiger partial charge in [0, 0.05) is 38.9 Å². The number of thiophene rings is 1. The molecular formula is C18H13ClFN3S2. The maximum Gasteiger partial charge on any atom is 0.191 e. The van der Waals surface area contributed by atoms with E-state index in [9.17, 15) is 4.39 Å². The van der Waals surface area contributed by atoms with Gasteiger partial charge in [-0.2, -0.15) is 0 Å². The van der Waals surface area contributed by atoms with E-state index in [4.69, 9.17) is 11.6 Å². The predicted octanol–water partition coefficient (Wildman–Crippen LogP) is 5.78. The number of benzene rings is 2. The molecule has 25 heavy (non-hydrogen) atoms. The molecule has 2 aromatic carbocycles. The van der Waals surface area contributed by atoms with Crippen molar-refractivity contribution < 1.29 is 4.39 Å². The normalized spacial score (nSPS) is 11.3. The van der Waals surface area contributed by atoms with Gasteiger partial charge in [-0.15, -0.1) is 21.5 Å². The van der Waals surface area contributed by atoms with Crippen LogP contribution in [0.2, 0.25) is 5.02 Å². The fourth-order valence-electron chi connectivity index (χ4n) is 2.61. The second kappa shape index (κ2) is 6.78. The number of fused-ring (bicyclic) bond motifs is 1. The fraction of sp³-hybridized carbons (Fsp3) is 0.111. The SMILES string of the molecule is Cn1c(SCc2ccc(F)cc2Cl)nnc1-c1csc2ccccc12. The van der Waals surface area contributed by atoms with E-state index >= 15 is 0 Å². The first-order valence-corrected chi connectivity index (χ1v) is 9.80. The number of hydrogen-bond acceptors (Lipinski definition) is 4. The molecule has 126 valence electrons. The molecule has 2 heterocycles. The average molecular weight is 390 g/mol. The molecule has 0 bridgehead atoms. The minimum Gasteiger partial charge on any atom is -0.305 e. The van der Waals surface area contributed by atoms with E-state index in [0.29, 0.717) is 10.8 Å². The van der Waals surface area contributed by atoms with E-state index < -0.39 is 0 Å². The highest BCUT2D eigenvalue weighted by Crippen LogP contribution is 2.34. The summed E-state index contributed by atoms with van der Waals surface area (Å²) < 4.78 is 16.4. The van der Waals surface area contributed by atoms with Crippen LogP contribution in [0, 0.1) is 5.82 Å². The molecule has 0 spiro atoms. The number of rotatable bonds is 4. The molecule has 0 unspecified atom stereocenters. The first-order valence-electron chi connectivity index (χ1n) is 7.56. The molecule has 4 rings (SSSR count). The molecule has 2 aromatic heterocycles. The predicted molar refractivity (Wildman–Crippen MR) is 103 cm³/mol. The van der Waals surface area contributed by atoms with Crippen LogP contribution in [0.4, 0.5) is 4.39 Å². The molecule has 0 fully saturated rings. The molecular weight excluding hydrogens is 377 g/mol. The summed E-state index contributed by atoms with van der Waals surface area (Å²) >= 11 is 9.32. The second-order valence-electron chi connectivity index (χ2n) is 5.54. The average Bonchev–Trinajstić information content (AvgIpc) is 3.18. The van der Waals surface area contributed by atoms with Gasteiger partial charge in [0.25, 0.3) is 0 Å². The molecule has 0 saturated carbocycles. The largest absolute Gasteiger partial charge is 0.305 e. The van der Waals surface area contributed by atoms with Crippen molar-refractivity contribution in [3.63, 3.8) is 0 Å². The van der Waals surface area contributed by atoms with Gasteiger partial charge >= 0.3 is 0 Å². The summed E-state index contributed by atoms with van der Waals surface area (Å²) in [5.41, 5.74) is 1.96. The quantitative estimate of drug-likeness (QED) is 0.414. The molecule has 0 aliphatic carbocycles. The first kappa shape index (κ1) is 16.6. The smallest absolute Gasteiger partial charge is 0.191 e. The maximum absolute atomic E-state index is 13.1. The Kier molecular flexibility index (Phi) is 4.50. The Morgan fingerprint density at radius 3 is 2.88 bits per heavy atom. The molecule has 4 aromatic rings. The minimum absolute atomic E-state index is 0.330. The van der Waals surface area contributed by atoms with Crippen LogP contribution in [0.25, 0.3) is 21.5 Å². The van der Waals surface area contributed by atoms with Crippen molar-refractivity contribution in [3.05, 3.63) is 64.2 Å². The summed E-state index contributed by atoms with van der Waals surface area (Å²) in [6.07, 6.45) is 0. The lowest BCUT2D eigenvalue weighted by Gasteiger charge is -2.05. The van der Waals surface area contributed by atoms with Gasteiger partial charge in [0.1, 0.15) is 5.82 Å². The number of halogens is 2. The van der Waals surface area contributed by atoms with Gasteiger partial charge in [0.2, 0.25) is 0 Å². The zero-order chi connectivity index (χ0) is 17.4. The van der Waals surface area contributed by atoms with E-state index in [1.165, 1.54) is 34.0 Å². The number of hydrogen-bond donors (Lipinski definition) is 0. The Morgan fingerprint density at radius 1 is 1.20 bits per heavy atom.